The van der Waals surface area contributed by atoms with Crippen molar-refractivity contribution >= 4 is 22.7 Å². The first kappa shape index (κ1) is 20.2. The summed E-state index contributed by atoms with van der Waals surface area (Å²) in [7, 11) is 0. The molecule has 1 unspecified atom stereocenters. The summed E-state index contributed by atoms with van der Waals surface area (Å²) in [5.41, 5.74) is 1.71. The molecular formula is C22H28FN3O2. The van der Waals surface area contributed by atoms with E-state index in [4.69, 9.17) is 0 Å². The monoisotopic (exact) mass is 385 g/mol. The fourth-order valence-electron chi connectivity index (χ4n) is 3.53. The molecule has 150 valence electrons. The van der Waals surface area contributed by atoms with Crippen molar-refractivity contribution in [2.24, 2.45) is 11.8 Å². The second kappa shape index (κ2) is 8.25. The van der Waals surface area contributed by atoms with Crippen LogP contribution in [0.5, 0.6) is 0 Å². The molecule has 0 spiro atoms. The number of fused-ring (bicyclic) bond motifs is 1. The molecule has 2 amide bonds. The van der Waals surface area contributed by atoms with Gasteiger partial charge in [-0.1, -0.05) is 13.8 Å². The van der Waals surface area contributed by atoms with Crippen LogP contribution in [0.4, 0.5) is 4.39 Å². The van der Waals surface area contributed by atoms with Crippen molar-refractivity contribution in [3.8, 4) is 0 Å². The highest BCUT2D eigenvalue weighted by Gasteiger charge is 2.29. The predicted octanol–water partition coefficient (Wildman–Crippen LogP) is 3.70. The number of amides is 2. The van der Waals surface area contributed by atoms with Crippen LogP contribution in [0.3, 0.4) is 0 Å². The number of hydrogen-bond donors (Lipinski definition) is 1. The van der Waals surface area contributed by atoms with E-state index in [9.17, 15) is 14.0 Å². The van der Waals surface area contributed by atoms with Gasteiger partial charge in [0.2, 0.25) is 5.91 Å². The summed E-state index contributed by atoms with van der Waals surface area (Å²) >= 11 is 0. The van der Waals surface area contributed by atoms with Crippen LogP contribution in [0.25, 0.3) is 10.9 Å². The van der Waals surface area contributed by atoms with Gasteiger partial charge in [-0.15, -0.1) is 0 Å². The molecule has 2 aromatic rings. The van der Waals surface area contributed by atoms with Crippen molar-refractivity contribution in [1.82, 2.24) is 15.2 Å². The molecule has 1 saturated heterocycles. The van der Waals surface area contributed by atoms with Gasteiger partial charge in [0, 0.05) is 42.2 Å². The van der Waals surface area contributed by atoms with Gasteiger partial charge in [0.05, 0.1) is 11.1 Å². The van der Waals surface area contributed by atoms with Crippen molar-refractivity contribution in [3.05, 3.63) is 41.3 Å². The summed E-state index contributed by atoms with van der Waals surface area (Å²) in [6, 6.07) is 6.20. The number of nitrogens with zero attached hydrogens (tertiary/aromatic N) is 2. The van der Waals surface area contributed by atoms with Crippen LogP contribution in [0.2, 0.25) is 0 Å². The first-order chi connectivity index (χ1) is 13.3. The summed E-state index contributed by atoms with van der Waals surface area (Å²) in [5, 5.41) is 3.73. The second-order valence-electron chi connectivity index (χ2n) is 8.08. The largest absolute Gasteiger partial charge is 0.353 e. The first-order valence-electron chi connectivity index (χ1n) is 9.93. The van der Waals surface area contributed by atoms with E-state index in [1.165, 1.54) is 12.1 Å². The fraction of sp³-hybridized carbons (Fsp3) is 0.500. The zero-order valence-corrected chi connectivity index (χ0v) is 17.0. The summed E-state index contributed by atoms with van der Waals surface area (Å²) in [6.45, 7) is 9.06. The Balaban J connectivity index is 1.71. The van der Waals surface area contributed by atoms with E-state index >= 15 is 0 Å². The number of benzene rings is 1. The third-order valence-electron chi connectivity index (χ3n) is 5.65. The van der Waals surface area contributed by atoms with Gasteiger partial charge in [-0.25, -0.2) is 4.39 Å². The van der Waals surface area contributed by atoms with Gasteiger partial charge >= 0.3 is 0 Å². The lowest BCUT2D eigenvalue weighted by Crippen LogP contribution is -2.45. The van der Waals surface area contributed by atoms with Gasteiger partial charge in [0.25, 0.3) is 5.91 Å². The average molecular weight is 385 g/mol. The lowest BCUT2D eigenvalue weighted by molar-refractivity contribution is -0.127. The Kier molecular flexibility index (Phi) is 5.96. The smallest absolute Gasteiger partial charge is 0.254 e. The highest BCUT2D eigenvalue weighted by atomic mass is 19.1. The molecule has 0 bridgehead atoms. The van der Waals surface area contributed by atoms with Crippen molar-refractivity contribution in [2.75, 3.05) is 13.1 Å². The number of aryl methyl sites for hydroxylation is 1. The summed E-state index contributed by atoms with van der Waals surface area (Å²) < 4.78 is 13.5. The highest BCUT2D eigenvalue weighted by molar-refractivity contribution is 6.06. The van der Waals surface area contributed by atoms with E-state index in [0.717, 1.165) is 0 Å². The van der Waals surface area contributed by atoms with E-state index in [1.807, 2.05) is 6.92 Å². The number of piperidine rings is 1. The molecule has 3 rings (SSSR count). The molecular weight excluding hydrogens is 357 g/mol. The zero-order valence-electron chi connectivity index (χ0n) is 17.0. The van der Waals surface area contributed by atoms with Gasteiger partial charge in [-0.2, -0.15) is 0 Å². The number of hydrogen-bond acceptors (Lipinski definition) is 3. The van der Waals surface area contributed by atoms with Gasteiger partial charge < -0.3 is 10.2 Å². The first-order valence-corrected chi connectivity index (χ1v) is 9.93. The molecule has 1 atom stereocenters. The van der Waals surface area contributed by atoms with Crippen molar-refractivity contribution in [2.45, 2.75) is 46.6 Å². The van der Waals surface area contributed by atoms with E-state index in [-0.39, 0.29) is 29.6 Å². The van der Waals surface area contributed by atoms with Crippen LogP contribution in [-0.4, -0.2) is 40.8 Å². The maximum atomic E-state index is 13.5. The standard InChI is InChI=1S/C22H28FN3O2/c1-13(2)15(4)25-21(27)16-7-9-26(10-8-16)22(28)19-11-14(3)24-20-12-17(23)5-6-18(19)20/h5-6,11-13,15-16H,7-10H2,1-4H3,(H,25,27). The minimum Gasteiger partial charge on any atom is -0.353 e. The number of aromatic nitrogens is 1. The van der Waals surface area contributed by atoms with Crippen molar-refractivity contribution in [1.29, 1.82) is 0 Å². The van der Waals surface area contributed by atoms with E-state index in [0.29, 0.717) is 54.0 Å². The quantitative estimate of drug-likeness (QED) is 0.873. The predicted molar refractivity (Wildman–Crippen MR) is 108 cm³/mol. The fourth-order valence-corrected chi connectivity index (χ4v) is 3.53. The lowest BCUT2D eigenvalue weighted by atomic mass is 9.94. The Hall–Kier alpha value is -2.50. The third-order valence-corrected chi connectivity index (χ3v) is 5.65. The van der Waals surface area contributed by atoms with Crippen LogP contribution in [0.15, 0.2) is 24.3 Å². The van der Waals surface area contributed by atoms with Crippen LogP contribution >= 0.6 is 0 Å². The maximum Gasteiger partial charge on any atom is 0.254 e. The molecule has 1 aliphatic heterocycles. The molecule has 1 aromatic carbocycles. The Labute approximate surface area is 165 Å². The number of pyridine rings is 1. The van der Waals surface area contributed by atoms with Crippen LogP contribution in [0.1, 0.15) is 49.7 Å². The number of carbonyl (C=O) groups is 2. The molecule has 0 aliphatic carbocycles. The minimum absolute atomic E-state index is 0.0599. The molecule has 1 aromatic heterocycles. The maximum absolute atomic E-state index is 13.5. The van der Waals surface area contributed by atoms with Gasteiger partial charge in [0.15, 0.2) is 0 Å². The SMILES string of the molecule is Cc1cc(C(=O)N2CCC(C(=O)NC(C)C(C)C)CC2)c2ccc(F)cc2n1. The van der Waals surface area contributed by atoms with Crippen LogP contribution in [-0.2, 0) is 4.79 Å². The summed E-state index contributed by atoms with van der Waals surface area (Å²) in [6.07, 6.45) is 1.30. The topological polar surface area (TPSA) is 62.3 Å². The van der Waals surface area contributed by atoms with E-state index in [2.05, 4.69) is 24.1 Å². The van der Waals surface area contributed by atoms with E-state index < -0.39 is 0 Å². The molecule has 0 saturated carbocycles. The third kappa shape index (κ3) is 4.32. The Morgan fingerprint density at radius 3 is 2.50 bits per heavy atom. The van der Waals surface area contributed by atoms with Gasteiger partial charge in [0.1, 0.15) is 5.82 Å². The van der Waals surface area contributed by atoms with Gasteiger partial charge in [-0.05, 0) is 50.8 Å². The number of likely N-dealkylation sites (tertiary alicyclic amines) is 1. The molecule has 1 fully saturated rings. The Bertz CT molecular complexity index is 883. The molecule has 1 N–H and O–H groups in total. The highest BCUT2D eigenvalue weighted by Crippen LogP contribution is 2.24. The van der Waals surface area contributed by atoms with Crippen molar-refractivity contribution < 1.29 is 14.0 Å². The Morgan fingerprint density at radius 1 is 1.18 bits per heavy atom. The van der Waals surface area contributed by atoms with Crippen LogP contribution in [0, 0.1) is 24.6 Å². The average Bonchev–Trinajstić information content (AvgIpc) is 2.66. The molecule has 6 heteroatoms. The number of carbonyl (C=O) groups excluding carboxylic acids is 2. The Morgan fingerprint density at radius 2 is 1.86 bits per heavy atom. The second-order valence-corrected chi connectivity index (χ2v) is 8.08. The lowest BCUT2D eigenvalue weighted by Gasteiger charge is -2.32. The molecule has 28 heavy (non-hydrogen) atoms. The van der Waals surface area contributed by atoms with E-state index in [1.54, 1.807) is 24.0 Å². The number of nitrogens with one attached hydrogen (secondary N) is 1. The minimum atomic E-state index is -0.369. The molecule has 1 aliphatic rings. The summed E-state index contributed by atoms with van der Waals surface area (Å²) in [4.78, 5) is 31.7. The summed E-state index contributed by atoms with van der Waals surface area (Å²) in [5.74, 6) is -0.0501. The number of halogens is 1. The zero-order chi connectivity index (χ0) is 20.4. The van der Waals surface area contributed by atoms with Crippen molar-refractivity contribution in [3.63, 3.8) is 0 Å². The number of rotatable bonds is 4. The molecule has 0 radical (unpaired) electrons. The normalized spacial score (nSPS) is 16.4. The van der Waals surface area contributed by atoms with Crippen LogP contribution < -0.4 is 5.32 Å². The van der Waals surface area contributed by atoms with Gasteiger partial charge in [-0.3, -0.25) is 14.6 Å². The molecule has 5 nitrogen and oxygen atoms in total. The molecule has 2 heterocycles.